The lowest BCUT2D eigenvalue weighted by Crippen LogP contribution is -2.18. The van der Waals surface area contributed by atoms with Gasteiger partial charge in [0.05, 0.1) is 5.56 Å². The van der Waals surface area contributed by atoms with Crippen molar-refractivity contribution in [3.8, 4) is 11.8 Å². The molecule has 0 spiro atoms. The summed E-state index contributed by atoms with van der Waals surface area (Å²) in [6.07, 6.45) is -0.511. The van der Waals surface area contributed by atoms with Crippen molar-refractivity contribution in [2.75, 3.05) is 6.54 Å². The van der Waals surface area contributed by atoms with Crippen molar-refractivity contribution >= 4 is 0 Å². The van der Waals surface area contributed by atoms with Crippen LogP contribution in [-0.2, 0) is 0 Å². The van der Waals surface area contributed by atoms with Crippen molar-refractivity contribution < 1.29 is 13.5 Å². The maximum absolute atomic E-state index is 13.5. The molecule has 2 aromatic rings. The van der Waals surface area contributed by atoms with E-state index in [0.717, 1.165) is 6.07 Å². The molecule has 0 aliphatic rings. The molecule has 0 bridgehead atoms. The molecule has 1 unspecified atom stereocenters. The Kier molecular flexibility index (Phi) is 4.28. The van der Waals surface area contributed by atoms with Crippen LogP contribution < -0.4 is 10.5 Å². The van der Waals surface area contributed by atoms with Crippen LogP contribution in [0.5, 0.6) is 5.75 Å². The summed E-state index contributed by atoms with van der Waals surface area (Å²) in [6, 6.07) is 11.4. The molecule has 102 valence electrons. The second-order valence-corrected chi connectivity index (χ2v) is 4.15. The zero-order valence-electron chi connectivity index (χ0n) is 10.5. The van der Waals surface area contributed by atoms with Crippen molar-refractivity contribution in [1.82, 2.24) is 0 Å². The number of ether oxygens (including phenoxy) is 1. The normalized spacial score (nSPS) is 11.7. The van der Waals surface area contributed by atoms with Crippen LogP contribution in [0.1, 0.15) is 17.2 Å². The first-order valence-corrected chi connectivity index (χ1v) is 5.96. The topological polar surface area (TPSA) is 59.0 Å². The number of hydrogen-bond donors (Lipinski definition) is 1. The van der Waals surface area contributed by atoms with Crippen LogP contribution in [-0.4, -0.2) is 6.54 Å². The first-order valence-electron chi connectivity index (χ1n) is 5.96. The van der Waals surface area contributed by atoms with Crippen LogP contribution in [0.3, 0.4) is 0 Å². The number of nitrogens with two attached hydrogens (primary N) is 1. The third-order valence-electron chi connectivity index (χ3n) is 2.80. The van der Waals surface area contributed by atoms with E-state index < -0.39 is 11.9 Å². The highest BCUT2D eigenvalue weighted by molar-refractivity contribution is 5.36. The minimum absolute atomic E-state index is 0.0524. The van der Waals surface area contributed by atoms with E-state index in [9.17, 15) is 8.78 Å². The van der Waals surface area contributed by atoms with Gasteiger partial charge in [-0.05, 0) is 29.8 Å². The van der Waals surface area contributed by atoms with Crippen LogP contribution in [0.4, 0.5) is 8.78 Å². The molecule has 0 aliphatic carbocycles. The van der Waals surface area contributed by atoms with Crippen molar-refractivity contribution in [2.24, 2.45) is 5.73 Å². The summed E-state index contributed by atoms with van der Waals surface area (Å²) in [4.78, 5) is 0. The standard InChI is InChI=1S/C15H12F2N2O/c16-12-4-1-10(2-5-12)15(9-19)20-13-6-3-11(8-18)14(17)7-13/h1-7,15H,9,19H2. The molecule has 2 rings (SSSR count). The lowest BCUT2D eigenvalue weighted by molar-refractivity contribution is 0.213. The lowest BCUT2D eigenvalue weighted by atomic mass is 10.1. The maximum atomic E-state index is 13.5. The van der Waals surface area contributed by atoms with E-state index in [1.807, 2.05) is 0 Å². The molecule has 5 heteroatoms. The molecule has 3 nitrogen and oxygen atoms in total. The maximum Gasteiger partial charge on any atom is 0.144 e. The Bertz CT molecular complexity index is 635. The average molecular weight is 274 g/mol. The zero-order chi connectivity index (χ0) is 14.5. The highest BCUT2D eigenvalue weighted by Crippen LogP contribution is 2.23. The van der Waals surface area contributed by atoms with E-state index in [1.165, 1.54) is 24.3 Å². The molecular formula is C15H12F2N2O. The lowest BCUT2D eigenvalue weighted by Gasteiger charge is -2.18. The monoisotopic (exact) mass is 274 g/mol. The molecule has 2 N–H and O–H groups in total. The Hall–Kier alpha value is -2.45. The van der Waals surface area contributed by atoms with Crippen LogP contribution in [0.2, 0.25) is 0 Å². The zero-order valence-corrected chi connectivity index (χ0v) is 10.5. The first kappa shape index (κ1) is 14.0. The minimum atomic E-state index is -0.653. The molecule has 0 fully saturated rings. The van der Waals surface area contributed by atoms with Gasteiger partial charge in [0.15, 0.2) is 0 Å². The first-order chi connectivity index (χ1) is 9.63. The minimum Gasteiger partial charge on any atom is -0.484 e. The van der Waals surface area contributed by atoms with Gasteiger partial charge in [0, 0.05) is 12.6 Å². The molecule has 0 aliphatic heterocycles. The van der Waals surface area contributed by atoms with Gasteiger partial charge in [0.1, 0.15) is 29.6 Å². The van der Waals surface area contributed by atoms with Gasteiger partial charge >= 0.3 is 0 Å². The smallest absolute Gasteiger partial charge is 0.144 e. The predicted molar refractivity (Wildman–Crippen MR) is 69.9 cm³/mol. The van der Waals surface area contributed by atoms with E-state index in [0.29, 0.717) is 5.56 Å². The SMILES string of the molecule is N#Cc1ccc(OC(CN)c2ccc(F)cc2)cc1F. The Morgan fingerprint density at radius 3 is 2.40 bits per heavy atom. The largest absolute Gasteiger partial charge is 0.484 e. The molecule has 0 heterocycles. The number of benzene rings is 2. The van der Waals surface area contributed by atoms with Gasteiger partial charge in [-0.25, -0.2) is 8.78 Å². The van der Waals surface area contributed by atoms with Gasteiger partial charge < -0.3 is 10.5 Å². The highest BCUT2D eigenvalue weighted by atomic mass is 19.1. The molecule has 20 heavy (non-hydrogen) atoms. The van der Waals surface area contributed by atoms with Gasteiger partial charge in [0.25, 0.3) is 0 Å². The highest BCUT2D eigenvalue weighted by Gasteiger charge is 2.13. The van der Waals surface area contributed by atoms with E-state index in [2.05, 4.69) is 0 Å². The molecule has 0 saturated heterocycles. The van der Waals surface area contributed by atoms with E-state index >= 15 is 0 Å². The molecule has 0 amide bonds. The summed E-state index contributed by atoms with van der Waals surface area (Å²) in [5, 5.41) is 8.66. The summed E-state index contributed by atoms with van der Waals surface area (Å²) < 4.78 is 31.9. The molecule has 0 saturated carbocycles. The molecule has 0 radical (unpaired) electrons. The van der Waals surface area contributed by atoms with Crippen LogP contribution in [0, 0.1) is 23.0 Å². The Labute approximate surface area is 115 Å². The second kappa shape index (κ2) is 6.13. The molecule has 0 aromatic heterocycles. The molecular weight excluding hydrogens is 262 g/mol. The van der Waals surface area contributed by atoms with E-state index in [4.69, 9.17) is 15.7 Å². The Balaban J connectivity index is 2.20. The Morgan fingerprint density at radius 2 is 1.85 bits per heavy atom. The average Bonchev–Trinajstić information content (AvgIpc) is 2.46. The fourth-order valence-corrected chi connectivity index (χ4v) is 1.75. The fourth-order valence-electron chi connectivity index (χ4n) is 1.75. The summed E-state index contributed by atoms with van der Waals surface area (Å²) >= 11 is 0. The van der Waals surface area contributed by atoms with Crippen molar-refractivity contribution in [3.63, 3.8) is 0 Å². The van der Waals surface area contributed by atoms with Gasteiger partial charge in [-0.3, -0.25) is 0 Å². The number of nitriles is 1. The number of halogens is 2. The van der Waals surface area contributed by atoms with Gasteiger partial charge in [-0.2, -0.15) is 5.26 Å². The van der Waals surface area contributed by atoms with Gasteiger partial charge in [-0.15, -0.1) is 0 Å². The van der Waals surface area contributed by atoms with Gasteiger partial charge in [0.2, 0.25) is 0 Å². The third-order valence-corrected chi connectivity index (χ3v) is 2.80. The molecule has 1 atom stereocenters. The van der Waals surface area contributed by atoms with E-state index in [1.54, 1.807) is 18.2 Å². The summed E-state index contributed by atoms with van der Waals surface area (Å²) in [7, 11) is 0. The number of nitrogens with zero attached hydrogens (tertiary/aromatic N) is 1. The summed E-state index contributed by atoms with van der Waals surface area (Å²) in [5.41, 5.74) is 6.26. The summed E-state index contributed by atoms with van der Waals surface area (Å²) in [6.45, 7) is 0.160. The van der Waals surface area contributed by atoms with Crippen molar-refractivity contribution in [3.05, 3.63) is 65.2 Å². The van der Waals surface area contributed by atoms with Crippen LogP contribution >= 0.6 is 0 Å². The van der Waals surface area contributed by atoms with E-state index in [-0.39, 0.29) is 23.7 Å². The fraction of sp³-hybridized carbons (Fsp3) is 0.133. The number of rotatable bonds is 4. The third kappa shape index (κ3) is 3.11. The quantitative estimate of drug-likeness (QED) is 0.932. The summed E-state index contributed by atoms with van der Waals surface area (Å²) in [5.74, 6) is -0.741. The van der Waals surface area contributed by atoms with Crippen LogP contribution in [0.25, 0.3) is 0 Å². The Morgan fingerprint density at radius 1 is 1.15 bits per heavy atom. The second-order valence-electron chi connectivity index (χ2n) is 4.15. The van der Waals surface area contributed by atoms with Crippen molar-refractivity contribution in [2.45, 2.75) is 6.10 Å². The van der Waals surface area contributed by atoms with Crippen LogP contribution in [0.15, 0.2) is 42.5 Å². The van der Waals surface area contributed by atoms with Gasteiger partial charge in [-0.1, -0.05) is 12.1 Å². The van der Waals surface area contributed by atoms with Crippen molar-refractivity contribution in [1.29, 1.82) is 5.26 Å². The predicted octanol–water partition coefficient (Wildman–Crippen LogP) is 2.92. The molecule has 2 aromatic carbocycles. The number of hydrogen-bond acceptors (Lipinski definition) is 3.